The third kappa shape index (κ3) is 6.96. The number of hydrogen-bond donors (Lipinski definition) is 0. The van der Waals surface area contributed by atoms with Crippen LogP contribution in [-0.2, 0) is 10.5 Å². The first-order valence-electron chi connectivity index (χ1n) is 12.9. The fraction of sp³-hybridized carbons (Fsp3) is 0.357. The first kappa shape index (κ1) is 27.6. The van der Waals surface area contributed by atoms with E-state index >= 15 is 0 Å². The van der Waals surface area contributed by atoms with E-state index in [0.29, 0.717) is 47.8 Å². The standard InChI is InChI=1S/C28H30Cl2N6O2S/c1-20(37)33-8-14-36(15-9-33)27(38)22-5-2-4-21(16-22)19-39-28-31-25(30)18-26(32-28)35-12-10-34(11-13-35)24-7-3-6-23(29)17-24/h2-7,16-18H,8-15,19H2,1H3. The van der Waals surface area contributed by atoms with Crippen molar-refractivity contribution in [2.75, 3.05) is 62.2 Å². The fourth-order valence-corrected chi connectivity index (χ4v) is 6.04. The molecular formula is C28H30Cl2N6O2S. The van der Waals surface area contributed by atoms with Crippen molar-refractivity contribution >= 4 is 58.3 Å². The molecule has 0 unspecified atom stereocenters. The van der Waals surface area contributed by atoms with E-state index in [-0.39, 0.29) is 11.8 Å². The van der Waals surface area contributed by atoms with Gasteiger partial charge in [0, 0.05) is 87.4 Å². The summed E-state index contributed by atoms with van der Waals surface area (Å²) in [6.45, 7) is 7.14. The molecular weight excluding hydrogens is 555 g/mol. The third-order valence-corrected chi connectivity index (χ3v) is 8.34. The number of carbonyl (C=O) groups excluding carboxylic acids is 2. The van der Waals surface area contributed by atoms with Gasteiger partial charge in [-0.05, 0) is 35.9 Å². The molecule has 2 aliphatic rings. The van der Waals surface area contributed by atoms with Gasteiger partial charge in [0.15, 0.2) is 5.16 Å². The molecule has 0 aliphatic carbocycles. The van der Waals surface area contributed by atoms with E-state index in [1.54, 1.807) is 11.8 Å². The van der Waals surface area contributed by atoms with E-state index in [9.17, 15) is 9.59 Å². The maximum Gasteiger partial charge on any atom is 0.253 e. The molecule has 2 amide bonds. The fourth-order valence-electron chi connectivity index (χ4n) is 4.83. The second-order valence-corrected chi connectivity index (χ2v) is 11.3. The Balaban J connectivity index is 1.19. The molecule has 0 radical (unpaired) electrons. The summed E-state index contributed by atoms with van der Waals surface area (Å²) < 4.78 is 0. The van der Waals surface area contributed by atoms with Crippen LogP contribution in [0.5, 0.6) is 0 Å². The lowest BCUT2D eigenvalue weighted by Crippen LogP contribution is -2.50. The summed E-state index contributed by atoms with van der Waals surface area (Å²) in [5, 5.41) is 1.75. The molecule has 5 rings (SSSR count). The van der Waals surface area contributed by atoms with Gasteiger partial charge in [-0.25, -0.2) is 9.97 Å². The first-order chi connectivity index (χ1) is 18.9. The Morgan fingerprint density at radius 3 is 2.23 bits per heavy atom. The Hall–Kier alpha value is -3.01. The number of benzene rings is 2. The largest absolute Gasteiger partial charge is 0.368 e. The number of hydrogen-bond acceptors (Lipinski definition) is 7. The van der Waals surface area contributed by atoms with Crippen LogP contribution in [0.25, 0.3) is 0 Å². The highest BCUT2D eigenvalue weighted by Gasteiger charge is 2.24. The van der Waals surface area contributed by atoms with Gasteiger partial charge in [0.25, 0.3) is 5.91 Å². The molecule has 2 fully saturated rings. The molecule has 2 aliphatic heterocycles. The van der Waals surface area contributed by atoms with Crippen LogP contribution in [0.2, 0.25) is 10.2 Å². The first-order valence-corrected chi connectivity index (χ1v) is 14.7. The van der Waals surface area contributed by atoms with Crippen LogP contribution < -0.4 is 9.80 Å². The Morgan fingerprint density at radius 2 is 1.51 bits per heavy atom. The molecule has 2 saturated heterocycles. The molecule has 8 nitrogen and oxygen atoms in total. The molecule has 2 aromatic carbocycles. The summed E-state index contributed by atoms with van der Waals surface area (Å²) in [4.78, 5) is 42.0. The molecule has 1 aromatic heterocycles. The van der Waals surface area contributed by atoms with Gasteiger partial charge in [-0.1, -0.05) is 53.2 Å². The molecule has 0 bridgehead atoms. The van der Waals surface area contributed by atoms with Crippen molar-refractivity contribution in [3.63, 3.8) is 0 Å². The summed E-state index contributed by atoms with van der Waals surface area (Å²) >= 11 is 14.1. The van der Waals surface area contributed by atoms with Gasteiger partial charge >= 0.3 is 0 Å². The summed E-state index contributed by atoms with van der Waals surface area (Å²) in [7, 11) is 0. The Kier molecular flexibility index (Phi) is 8.79. The predicted molar refractivity (Wildman–Crippen MR) is 157 cm³/mol. The molecule has 0 atom stereocenters. The van der Waals surface area contributed by atoms with E-state index < -0.39 is 0 Å². The quantitative estimate of drug-likeness (QED) is 0.236. The lowest BCUT2D eigenvalue weighted by atomic mass is 10.1. The Bertz CT molecular complexity index is 1340. The van der Waals surface area contributed by atoms with E-state index in [4.69, 9.17) is 28.2 Å². The minimum absolute atomic E-state index is 0.0109. The highest BCUT2D eigenvalue weighted by Crippen LogP contribution is 2.27. The zero-order valence-corrected chi connectivity index (χ0v) is 24.1. The second kappa shape index (κ2) is 12.4. The normalized spacial score (nSPS) is 16.0. The van der Waals surface area contributed by atoms with E-state index in [2.05, 4.69) is 20.9 Å². The summed E-state index contributed by atoms with van der Waals surface area (Å²) in [6.07, 6.45) is 0. The number of nitrogens with zero attached hydrogens (tertiary/aromatic N) is 6. The maximum absolute atomic E-state index is 13.1. The van der Waals surface area contributed by atoms with Crippen LogP contribution in [0, 0.1) is 0 Å². The lowest BCUT2D eigenvalue weighted by molar-refractivity contribution is -0.130. The number of halogens is 2. The molecule has 39 heavy (non-hydrogen) atoms. The maximum atomic E-state index is 13.1. The average molecular weight is 586 g/mol. The molecule has 0 N–H and O–H groups in total. The van der Waals surface area contributed by atoms with Gasteiger partial charge in [-0.2, -0.15) is 0 Å². The van der Waals surface area contributed by atoms with E-state index in [0.717, 1.165) is 48.3 Å². The van der Waals surface area contributed by atoms with Crippen molar-refractivity contribution in [1.82, 2.24) is 19.8 Å². The van der Waals surface area contributed by atoms with Crippen LogP contribution in [0.4, 0.5) is 11.5 Å². The Labute approximate surface area is 242 Å². The van der Waals surface area contributed by atoms with Crippen molar-refractivity contribution in [1.29, 1.82) is 0 Å². The SMILES string of the molecule is CC(=O)N1CCN(C(=O)c2cccc(CSc3nc(Cl)cc(N4CCN(c5cccc(Cl)c5)CC4)n3)c2)CC1. The van der Waals surface area contributed by atoms with Crippen LogP contribution >= 0.6 is 35.0 Å². The molecule has 0 saturated carbocycles. The second-order valence-electron chi connectivity index (χ2n) is 9.57. The van der Waals surface area contributed by atoms with Crippen LogP contribution in [0.3, 0.4) is 0 Å². The van der Waals surface area contributed by atoms with E-state index in [1.165, 1.54) is 11.8 Å². The number of rotatable bonds is 6. The molecule has 11 heteroatoms. The number of piperazine rings is 2. The zero-order valence-electron chi connectivity index (χ0n) is 21.7. The minimum Gasteiger partial charge on any atom is -0.368 e. The van der Waals surface area contributed by atoms with Crippen LogP contribution in [0.1, 0.15) is 22.8 Å². The summed E-state index contributed by atoms with van der Waals surface area (Å²) in [5.41, 5.74) is 2.78. The highest BCUT2D eigenvalue weighted by atomic mass is 35.5. The number of amides is 2. The van der Waals surface area contributed by atoms with Crippen LogP contribution in [0.15, 0.2) is 59.8 Å². The topological polar surface area (TPSA) is 72.9 Å². The minimum atomic E-state index is -0.0109. The monoisotopic (exact) mass is 584 g/mol. The van der Waals surface area contributed by atoms with Crippen molar-refractivity contribution in [2.45, 2.75) is 17.8 Å². The van der Waals surface area contributed by atoms with Gasteiger partial charge in [0.1, 0.15) is 11.0 Å². The van der Waals surface area contributed by atoms with Crippen LogP contribution in [-0.4, -0.2) is 83.9 Å². The van der Waals surface area contributed by atoms with Crippen molar-refractivity contribution in [2.24, 2.45) is 0 Å². The molecule has 204 valence electrons. The van der Waals surface area contributed by atoms with Crippen molar-refractivity contribution in [3.8, 4) is 0 Å². The van der Waals surface area contributed by atoms with Gasteiger partial charge in [0.05, 0.1) is 0 Å². The summed E-state index contributed by atoms with van der Waals surface area (Å²) in [5.74, 6) is 1.47. The molecule has 0 spiro atoms. The average Bonchev–Trinajstić information content (AvgIpc) is 2.96. The van der Waals surface area contributed by atoms with Gasteiger partial charge in [-0.3, -0.25) is 9.59 Å². The number of carbonyl (C=O) groups is 2. The highest BCUT2D eigenvalue weighted by molar-refractivity contribution is 7.98. The number of thioether (sulfide) groups is 1. The van der Waals surface area contributed by atoms with Crippen molar-refractivity contribution < 1.29 is 9.59 Å². The predicted octanol–water partition coefficient (Wildman–Crippen LogP) is 4.71. The Morgan fingerprint density at radius 1 is 0.821 bits per heavy atom. The summed E-state index contributed by atoms with van der Waals surface area (Å²) in [6, 6.07) is 17.4. The molecule has 3 heterocycles. The number of aromatic nitrogens is 2. The van der Waals surface area contributed by atoms with E-state index in [1.807, 2.05) is 53.4 Å². The lowest BCUT2D eigenvalue weighted by Gasteiger charge is -2.36. The van der Waals surface area contributed by atoms with Gasteiger partial charge in [-0.15, -0.1) is 0 Å². The zero-order chi connectivity index (χ0) is 27.4. The molecule has 3 aromatic rings. The van der Waals surface area contributed by atoms with Gasteiger partial charge < -0.3 is 19.6 Å². The smallest absolute Gasteiger partial charge is 0.253 e. The van der Waals surface area contributed by atoms with Gasteiger partial charge in [0.2, 0.25) is 5.91 Å². The third-order valence-electron chi connectivity index (χ3n) is 6.99. The van der Waals surface area contributed by atoms with Crippen molar-refractivity contribution in [3.05, 3.63) is 75.9 Å². The number of anilines is 2.